The molecule has 1 aromatic rings. The van der Waals surface area contributed by atoms with Crippen LogP contribution in [0.4, 0.5) is 0 Å². The van der Waals surface area contributed by atoms with Crippen molar-refractivity contribution >= 4 is 15.9 Å². The van der Waals surface area contributed by atoms with Crippen molar-refractivity contribution in [3.8, 4) is 0 Å². The molecule has 0 bridgehead atoms. The maximum absolute atomic E-state index is 6.46. The SMILES string of the molecule is CC1CCCC(OC(CNC(C)C)c2ccc(Br)cc2)C1. The van der Waals surface area contributed by atoms with Crippen molar-refractivity contribution in [3.05, 3.63) is 34.3 Å². The minimum Gasteiger partial charge on any atom is -0.369 e. The Morgan fingerprint density at radius 1 is 1.24 bits per heavy atom. The van der Waals surface area contributed by atoms with Gasteiger partial charge in [-0.2, -0.15) is 0 Å². The second-order valence-electron chi connectivity index (χ2n) is 6.63. The zero-order valence-corrected chi connectivity index (χ0v) is 15.0. The second kappa shape index (κ2) is 8.30. The molecule has 1 aliphatic rings. The van der Waals surface area contributed by atoms with Crippen molar-refractivity contribution in [2.75, 3.05) is 6.54 Å². The number of benzene rings is 1. The fourth-order valence-corrected chi connectivity index (χ4v) is 3.26. The highest BCUT2D eigenvalue weighted by molar-refractivity contribution is 9.10. The van der Waals surface area contributed by atoms with E-state index in [1.807, 2.05) is 0 Å². The van der Waals surface area contributed by atoms with Crippen LogP contribution in [0, 0.1) is 5.92 Å². The van der Waals surface area contributed by atoms with Gasteiger partial charge in [0.25, 0.3) is 0 Å². The molecule has 2 nitrogen and oxygen atoms in total. The Labute approximate surface area is 137 Å². The Morgan fingerprint density at radius 3 is 2.57 bits per heavy atom. The quantitative estimate of drug-likeness (QED) is 0.769. The van der Waals surface area contributed by atoms with Crippen LogP contribution in [-0.4, -0.2) is 18.7 Å². The molecule has 0 saturated heterocycles. The molecule has 0 aliphatic heterocycles. The van der Waals surface area contributed by atoms with Gasteiger partial charge in [-0.1, -0.05) is 61.7 Å². The third kappa shape index (κ3) is 5.72. The highest BCUT2D eigenvalue weighted by Gasteiger charge is 2.23. The van der Waals surface area contributed by atoms with Gasteiger partial charge in [0, 0.05) is 17.1 Å². The molecule has 3 heteroatoms. The summed E-state index contributed by atoms with van der Waals surface area (Å²) >= 11 is 3.51. The van der Waals surface area contributed by atoms with E-state index in [4.69, 9.17) is 4.74 Å². The lowest BCUT2D eigenvalue weighted by Crippen LogP contribution is -2.32. The predicted molar refractivity (Wildman–Crippen MR) is 92.5 cm³/mol. The van der Waals surface area contributed by atoms with Crippen LogP contribution in [0.25, 0.3) is 0 Å². The molecule has 3 atom stereocenters. The summed E-state index contributed by atoms with van der Waals surface area (Å²) in [6.07, 6.45) is 5.63. The van der Waals surface area contributed by atoms with E-state index in [2.05, 4.69) is 66.3 Å². The normalized spacial score (nSPS) is 24.2. The largest absolute Gasteiger partial charge is 0.369 e. The summed E-state index contributed by atoms with van der Waals surface area (Å²) in [5.41, 5.74) is 1.27. The maximum Gasteiger partial charge on any atom is 0.0953 e. The number of nitrogens with one attached hydrogen (secondary N) is 1. The summed E-state index contributed by atoms with van der Waals surface area (Å²) in [7, 11) is 0. The Balaban J connectivity index is 2.02. The Hall–Kier alpha value is -0.380. The van der Waals surface area contributed by atoms with E-state index in [-0.39, 0.29) is 6.10 Å². The van der Waals surface area contributed by atoms with E-state index < -0.39 is 0 Å². The number of rotatable bonds is 6. The Kier molecular flexibility index (Phi) is 6.72. The van der Waals surface area contributed by atoms with Crippen LogP contribution in [0.5, 0.6) is 0 Å². The molecule has 0 spiro atoms. The molecule has 1 aliphatic carbocycles. The molecule has 0 heterocycles. The maximum atomic E-state index is 6.46. The molecule has 1 saturated carbocycles. The summed E-state index contributed by atoms with van der Waals surface area (Å²) < 4.78 is 7.58. The monoisotopic (exact) mass is 353 g/mol. The molecule has 2 rings (SSSR count). The standard InChI is InChI=1S/C18H28BrNO/c1-13(2)20-12-18(15-7-9-16(19)10-8-15)21-17-6-4-5-14(3)11-17/h7-10,13-14,17-18,20H,4-6,11-12H2,1-3H3. The number of hydrogen-bond donors (Lipinski definition) is 1. The predicted octanol–water partition coefficient (Wildman–Crippen LogP) is 5.08. The lowest BCUT2D eigenvalue weighted by atomic mass is 9.88. The van der Waals surface area contributed by atoms with Crippen LogP contribution >= 0.6 is 15.9 Å². The van der Waals surface area contributed by atoms with E-state index in [1.165, 1.54) is 31.2 Å². The minimum absolute atomic E-state index is 0.149. The first-order valence-electron chi connectivity index (χ1n) is 8.19. The van der Waals surface area contributed by atoms with Crippen LogP contribution < -0.4 is 5.32 Å². The first-order valence-corrected chi connectivity index (χ1v) is 8.98. The van der Waals surface area contributed by atoms with Crippen molar-refractivity contribution in [2.45, 2.75) is 64.7 Å². The van der Waals surface area contributed by atoms with Crippen molar-refractivity contribution in [1.82, 2.24) is 5.32 Å². The number of halogens is 1. The number of ether oxygens (including phenoxy) is 1. The van der Waals surface area contributed by atoms with Crippen LogP contribution in [0.15, 0.2) is 28.7 Å². The van der Waals surface area contributed by atoms with Crippen LogP contribution in [0.1, 0.15) is 58.1 Å². The van der Waals surface area contributed by atoms with Gasteiger partial charge in [0.05, 0.1) is 12.2 Å². The van der Waals surface area contributed by atoms with Gasteiger partial charge in [0.2, 0.25) is 0 Å². The molecule has 118 valence electrons. The van der Waals surface area contributed by atoms with Gasteiger partial charge in [-0.15, -0.1) is 0 Å². The Morgan fingerprint density at radius 2 is 1.95 bits per heavy atom. The molecule has 1 fully saturated rings. The van der Waals surface area contributed by atoms with Gasteiger partial charge >= 0.3 is 0 Å². The minimum atomic E-state index is 0.149. The van der Waals surface area contributed by atoms with E-state index in [0.717, 1.165) is 16.9 Å². The van der Waals surface area contributed by atoms with Crippen molar-refractivity contribution < 1.29 is 4.74 Å². The first-order chi connectivity index (χ1) is 10.0. The molecule has 1 N–H and O–H groups in total. The molecule has 3 unspecified atom stereocenters. The second-order valence-corrected chi connectivity index (χ2v) is 7.55. The van der Waals surface area contributed by atoms with Crippen molar-refractivity contribution in [1.29, 1.82) is 0 Å². The summed E-state index contributed by atoms with van der Waals surface area (Å²) in [6.45, 7) is 7.59. The van der Waals surface area contributed by atoms with Gasteiger partial charge in [0.1, 0.15) is 0 Å². The first kappa shape index (κ1) is 17.0. The summed E-state index contributed by atoms with van der Waals surface area (Å²) in [5.74, 6) is 0.798. The fourth-order valence-electron chi connectivity index (χ4n) is 3.00. The summed E-state index contributed by atoms with van der Waals surface area (Å²) in [4.78, 5) is 0. The van der Waals surface area contributed by atoms with E-state index in [0.29, 0.717) is 12.1 Å². The van der Waals surface area contributed by atoms with E-state index >= 15 is 0 Å². The number of hydrogen-bond acceptors (Lipinski definition) is 2. The highest BCUT2D eigenvalue weighted by atomic mass is 79.9. The molecular formula is C18H28BrNO. The smallest absolute Gasteiger partial charge is 0.0953 e. The summed E-state index contributed by atoms with van der Waals surface area (Å²) in [6, 6.07) is 9.03. The topological polar surface area (TPSA) is 21.3 Å². The highest BCUT2D eigenvalue weighted by Crippen LogP contribution is 2.30. The fraction of sp³-hybridized carbons (Fsp3) is 0.667. The average Bonchev–Trinajstić information content (AvgIpc) is 2.44. The van der Waals surface area contributed by atoms with E-state index in [1.54, 1.807) is 0 Å². The molecule has 21 heavy (non-hydrogen) atoms. The van der Waals surface area contributed by atoms with Crippen molar-refractivity contribution in [2.24, 2.45) is 5.92 Å². The van der Waals surface area contributed by atoms with Crippen LogP contribution in [-0.2, 0) is 4.74 Å². The molecule has 0 radical (unpaired) electrons. The molecule has 0 amide bonds. The zero-order valence-electron chi connectivity index (χ0n) is 13.4. The molecule has 1 aromatic carbocycles. The lowest BCUT2D eigenvalue weighted by Gasteiger charge is -2.31. The zero-order chi connectivity index (χ0) is 15.2. The lowest BCUT2D eigenvalue weighted by molar-refractivity contribution is -0.0401. The third-order valence-corrected chi connectivity index (χ3v) is 4.73. The Bertz CT molecular complexity index is 418. The van der Waals surface area contributed by atoms with Gasteiger partial charge in [-0.3, -0.25) is 0 Å². The average molecular weight is 354 g/mol. The van der Waals surface area contributed by atoms with E-state index in [9.17, 15) is 0 Å². The van der Waals surface area contributed by atoms with Gasteiger partial charge < -0.3 is 10.1 Å². The third-order valence-electron chi connectivity index (χ3n) is 4.20. The van der Waals surface area contributed by atoms with Gasteiger partial charge in [0.15, 0.2) is 0 Å². The van der Waals surface area contributed by atoms with Gasteiger partial charge in [-0.05, 0) is 36.5 Å². The van der Waals surface area contributed by atoms with Crippen molar-refractivity contribution in [3.63, 3.8) is 0 Å². The van der Waals surface area contributed by atoms with Crippen LogP contribution in [0.3, 0.4) is 0 Å². The van der Waals surface area contributed by atoms with Gasteiger partial charge in [-0.25, -0.2) is 0 Å². The molecular weight excluding hydrogens is 326 g/mol. The van der Waals surface area contributed by atoms with Crippen LogP contribution in [0.2, 0.25) is 0 Å². The summed E-state index contributed by atoms with van der Waals surface area (Å²) in [5, 5.41) is 3.52. The molecule has 0 aromatic heterocycles.